The van der Waals surface area contributed by atoms with E-state index in [0.29, 0.717) is 22.9 Å². The number of imidazole rings is 1. The number of likely N-dealkylation sites (tertiary alicyclic amines) is 1. The number of amides is 1. The zero-order chi connectivity index (χ0) is 27.1. The van der Waals surface area contributed by atoms with E-state index in [1.165, 1.54) is 19.2 Å². The van der Waals surface area contributed by atoms with Crippen LogP contribution in [0, 0.1) is 17.1 Å². The second kappa shape index (κ2) is 9.90. The summed E-state index contributed by atoms with van der Waals surface area (Å²) in [4.78, 5) is 30.4. The van der Waals surface area contributed by atoms with Gasteiger partial charge in [0.1, 0.15) is 29.7 Å². The second-order valence-electron chi connectivity index (χ2n) is 9.84. The third-order valence-corrected chi connectivity index (χ3v) is 6.94. The fourth-order valence-electron chi connectivity index (χ4n) is 5.18. The first-order valence-electron chi connectivity index (χ1n) is 12.5. The van der Waals surface area contributed by atoms with Crippen LogP contribution < -0.4 is 20.3 Å². The fraction of sp³-hybridized carbons (Fsp3) is 0.423. The van der Waals surface area contributed by atoms with Crippen molar-refractivity contribution in [3.8, 4) is 17.5 Å². The summed E-state index contributed by atoms with van der Waals surface area (Å²) in [5, 5.41) is 15.5. The van der Waals surface area contributed by atoms with Crippen molar-refractivity contribution in [2.45, 2.75) is 45.3 Å². The van der Waals surface area contributed by atoms with Crippen molar-refractivity contribution in [3.63, 3.8) is 0 Å². The molecule has 2 aliphatic rings. The number of benzene rings is 1. The molecule has 1 aromatic carbocycles. The van der Waals surface area contributed by atoms with Gasteiger partial charge in [-0.3, -0.25) is 9.36 Å². The number of carbonyl (C=O) groups is 1. The summed E-state index contributed by atoms with van der Waals surface area (Å²) >= 11 is 0. The van der Waals surface area contributed by atoms with Crippen LogP contribution in [-0.2, 0) is 0 Å². The number of methoxy groups -OCH3 is 1. The Morgan fingerprint density at radius 1 is 1.32 bits per heavy atom. The highest BCUT2D eigenvalue weighted by molar-refractivity contribution is 5.96. The first-order valence-corrected chi connectivity index (χ1v) is 12.5. The minimum atomic E-state index is -0.682. The molecule has 38 heavy (non-hydrogen) atoms. The number of carbonyl (C=O) groups excluding carboxylic acids is 1. The van der Waals surface area contributed by atoms with Crippen molar-refractivity contribution < 1.29 is 13.9 Å². The van der Waals surface area contributed by atoms with E-state index in [2.05, 4.69) is 57.2 Å². The monoisotopic (exact) mass is 519 g/mol. The predicted molar refractivity (Wildman–Crippen MR) is 140 cm³/mol. The SMILES string of the molecule is CCC1c2c(C#N)ncn2-c2cnc(Nc3cc(F)c(C(=O)NC4CN(C)C4)cc3OC)nc2N1C(C)C. The number of nitriles is 1. The van der Waals surface area contributed by atoms with Crippen LogP contribution in [0.1, 0.15) is 55.0 Å². The summed E-state index contributed by atoms with van der Waals surface area (Å²) in [6.07, 6.45) is 4.01. The molecule has 2 N–H and O–H groups in total. The number of aromatic nitrogens is 4. The fourth-order valence-corrected chi connectivity index (χ4v) is 5.18. The number of likely N-dealkylation sites (N-methyl/N-ethyl adjacent to an activating group) is 1. The molecule has 198 valence electrons. The quantitative estimate of drug-likeness (QED) is 0.484. The van der Waals surface area contributed by atoms with Crippen LogP contribution in [0.3, 0.4) is 0 Å². The number of hydrogen-bond donors (Lipinski definition) is 2. The molecule has 5 rings (SSSR count). The van der Waals surface area contributed by atoms with E-state index >= 15 is 4.39 Å². The lowest BCUT2D eigenvalue weighted by atomic mass is 10.0. The van der Waals surface area contributed by atoms with Gasteiger partial charge < -0.3 is 25.2 Å². The molecule has 2 aromatic heterocycles. The van der Waals surface area contributed by atoms with E-state index in [1.54, 1.807) is 12.5 Å². The zero-order valence-electron chi connectivity index (χ0n) is 22.0. The van der Waals surface area contributed by atoms with E-state index in [9.17, 15) is 10.1 Å². The van der Waals surface area contributed by atoms with Gasteiger partial charge in [0, 0.05) is 25.2 Å². The lowest BCUT2D eigenvalue weighted by Crippen LogP contribution is -2.57. The van der Waals surface area contributed by atoms with Gasteiger partial charge in [0.25, 0.3) is 5.91 Å². The topological polar surface area (TPSA) is 124 Å². The van der Waals surface area contributed by atoms with Crippen LogP contribution in [0.2, 0.25) is 0 Å². The Labute approximate surface area is 220 Å². The predicted octanol–water partition coefficient (Wildman–Crippen LogP) is 3.15. The Bertz CT molecular complexity index is 1420. The maximum Gasteiger partial charge on any atom is 0.254 e. The van der Waals surface area contributed by atoms with Crippen molar-refractivity contribution in [2.24, 2.45) is 0 Å². The van der Waals surface area contributed by atoms with Gasteiger partial charge in [0.15, 0.2) is 11.5 Å². The first-order chi connectivity index (χ1) is 18.2. The molecule has 1 fully saturated rings. The number of halogens is 1. The highest BCUT2D eigenvalue weighted by Gasteiger charge is 2.36. The van der Waals surface area contributed by atoms with E-state index in [4.69, 9.17) is 9.72 Å². The number of hydrogen-bond acceptors (Lipinski definition) is 9. The highest BCUT2D eigenvalue weighted by atomic mass is 19.1. The number of fused-ring (bicyclic) bond motifs is 3. The van der Waals surface area contributed by atoms with Gasteiger partial charge in [-0.15, -0.1) is 0 Å². The van der Waals surface area contributed by atoms with E-state index in [1.807, 2.05) is 11.6 Å². The molecule has 0 radical (unpaired) electrons. The number of rotatable bonds is 7. The van der Waals surface area contributed by atoms with Gasteiger partial charge in [-0.1, -0.05) is 6.92 Å². The molecule has 1 saturated heterocycles. The Morgan fingerprint density at radius 3 is 2.71 bits per heavy atom. The molecular formula is C26H30FN9O2. The molecule has 0 saturated carbocycles. The van der Waals surface area contributed by atoms with Crippen molar-refractivity contribution in [2.75, 3.05) is 37.5 Å². The standard InChI is InChI=1S/C26H30FN9O2/c1-6-20-23-19(9-28)30-13-35(23)21-10-29-26(33-24(21)36(20)14(2)3)32-18-8-17(27)16(7-22(18)38-5)25(37)31-15-11-34(4)12-15/h7-8,10,13-15,20H,6,11-12H2,1-5H3,(H,31,37)(H,29,32,33). The van der Waals surface area contributed by atoms with Crippen LogP contribution in [0.25, 0.3) is 5.69 Å². The summed E-state index contributed by atoms with van der Waals surface area (Å²) in [6, 6.07) is 4.74. The highest BCUT2D eigenvalue weighted by Crippen LogP contribution is 2.42. The molecule has 3 aromatic rings. The molecule has 0 spiro atoms. The molecule has 1 unspecified atom stereocenters. The van der Waals surface area contributed by atoms with E-state index < -0.39 is 11.7 Å². The van der Waals surface area contributed by atoms with Gasteiger partial charge in [-0.25, -0.2) is 14.4 Å². The van der Waals surface area contributed by atoms with E-state index in [0.717, 1.165) is 25.2 Å². The molecule has 0 bridgehead atoms. The van der Waals surface area contributed by atoms with E-state index in [-0.39, 0.29) is 35.4 Å². The van der Waals surface area contributed by atoms with Crippen molar-refractivity contribution in [1.82, 2.24) is 29.7 Å². The molecular weight excluding hydrogens is 489 g/mol. The van der Waals surface area contributed by atoms with Gasteiger partial charge in [-0.05, 0) is 33.4 Å². The molecule has 2 aliphatic heterocycles. The third-order valence-electron chi connectivity index (χ3n) is 6.94. The minimum absolute atomic E-state index is 0.00399. The zero-order valence-corrected chi connectivity index (χ0v) is 22.0. The number of anilines is 3. The number of ether oxygens (including phenoxy) is 1. The summed E-state index contributed by atoms with van der Waals surface area (Å²) in [6.45, 7) is 7.63. The lowest BCUT2D eigenvalue weighted by Gasteiger charge is -2.40. The Balaban J connectivity index is 1.48. The normalized spacial score (nSPS) is 16.9. The van der Waals surface area contributed by atoms with Crippen LogP contribution >= 0.6 is 0 Å². The first kappa shape index (κ1) is 25.4. The molecule has 1 amide bonds. The lowest BCUT2D eigenvalue weighted by molar-refractivity contribution is 0.0853. The summed E-state index contributed by atoms with van der Waals surface area (Å²) < 4.78 is 22.4. The van der Waals surface area contributed by atoms with Gasteiger partial charge >= 0.3 is 0 Å². The average Bonchev–Trinajstić information content (AvgIpc) is 3.31. The molecule has 0 aliphatic carbocycles. The smallest absolute Gasteiger partial charge is 0.254 e. The molecule has 1 atom stereocenters. The average molecular weight is 520 g/mol. The van der Waals surface area contributed by atoms with Crippen LogP contribution in [0.15, 0.2) is 24.7 Å². The van der Waals surface area contributed by atoms with Crippen molar-refractivity contribution in [3.05, 3.63) is 47.4 Å². The molecule has 4 heterocycles. The third kappa shape index (κ3) is 4.28. The summed E-state index contributed by atoms with van der Waals surface area (Å²) in [5.41, 5.74) is 2.09. The van der Waals surface area contributed by atoms with Crippen LogP contribution in [-0.4, -0.2) is 69.7 Å². The minimum Gasteiger partial charge on any atom is -0.495 e. The largest absolute Gasteiger partial charge is 0.495 e. The van der Waals surface area contributed by atoms with Crippen molar-refractivity contribution >= 4 is 23.4 Å². The second-order valence-corrected chi connectivity index (χ2v) is 9.84. The summed E-state index contributed by atoms with van der Waals surface area (Å²) in [7, 11) is 3.41. The van der Waals surface area contributed by atoms with Crippen LogP contribution in [0.4, 0.5) is 21.8 Å². The summed E-state index contributed by atoms with van der Waals surface area (Å²) in [5.74, 6) is 0.0200. The van der Waals surface area contributed by atoms with Gasteiger partial charge in [0.05, 0.1) is 42.3 Å². The van der Waals surface area contributed by atoms with Gasteiger partial charge in [0.2, 0.25) is 5.95 Å². The van der Waals surface area contributed by atoms with Gasteiger partial charge in [-0.2, -0.15) is 10.2 Å². The molecule has 11 nitrogen and oxygen atoms in total. The maximum absolute atomic E-state index is 15.1. The van der Waals surface area contributed by atoms with Crippen LogP contribution in [0.5, 0.6) is 5.75 Å². The number of nitrogens with one attached hydrogen (secondary N) is 2. The Morgan fingerprint density at radius 2 is 2.08 bits per heavy atom. The van der Waals surface area contributed by atoms with Crippen molar-refractivity contribution in [1.29, 1.82) is 5.26 Å². The number of nitrogens with zero attached hydrogens (tertiary/aromatic N) is 7. The Kier molecular flexibility index (Phi) is 6.62. The Hall–Kier alpha value is -4.24. The maximum atomic E-state index is 15.1. The molecule has 12 heteroatoms.